The molecule has 1 atom stereocenters. The van der Waals surface area contributed by atoms with Crippen LogP contribution in [0.3, 0.4) is 0 Å². The Morgan fingerprint density at radius 3 is 2.39 bits per heavy atom. The molecule has 0 saturated heterocycles. The van der Waals surface area contributed by atoms with Gasteiger partial charge in [0.25, 0.3) is 0 Å². The summed E-state index contributed by atoms with van der Waals surface area (Å²) in [5, 5.41) is 13.2. The maximum atomic E-state index is 9.57. The molecule has 100 valence electrons. The van der Waals surface area contributed by atoms with E-state index in [0.717, 1.165) is 6.42 Å². The molecule has 1 aromatic carbocycles. The molecule has 18 heavy (non-hydrogen) atoms. The maximum Gasteiger partial charge on any atom is 0.0626 e. The van der Waals surface area contributed by atoms with E-state index in [1.165, 1.54) is 43.2 Å². The van der Waals surface area contributed by atoms with Gasteiger partial charge in [0.05, 0.1) is 12.6 Å². The van der Waals surface area contributed by atoms with Crippen molar-refractivity contribution < 1.29 is 5.11 Å². The fraction of sp³-hybridized carbons (Fsp3) is 0.625. The molecule has 1 aliphatic carbocycles. The lowest BCUT2D eigenvalue weighted by Gasteiger charge is -2.28. The van der Waals surface area contributed by atoms with E-state index >= 15 is 0 Å². The van der Waals surface area contributed by atoms with Crippen LogP contribution in [0.5, 0.6) is 0 Å². The summed E-state index contributed by atoms with van der Waals surface area (Å²) in [5.74, 6) is 0. The van der Waals surface area contributed by atoms with Crippen LogP contribution in [0.1, 0.15) is 56.2 Å². The maximum absolute atomic E-state index is 9.57. The number of hydrogen-bond donors (Lipinski definition) is 2. The number of nitrogens with one attached hydrogen (secondary N) is 1. The van der Waals surface area contributed by atoms with Crippen LogP contribution < -0.4 is 5.32 Å². The number of aryl methyl sites for hydroxylation is 1. The van der Waals surface area contributed by atoms with Gasteiger partial charge in [-0.25, -0.2) is 0 Å². The molecule has 0 heterocycles. The lowest BCUT2D eigenvalue weighted by molar-refractivity contribution is 0.220. The second-order valence-corrected chi connectivity index (χ2v) is 5.33. The van der Waals surface area contributed by atoms with Crippen molar-refractivity contribution in [2.24, 2.45) is 0 Å². The van der Waals surface area contributed by atoms with Crippen LogP contribution >= 0.6 is 0 Å². The Hall–Kier alpha value is -0.860. The zero-order chi connectivity index (χ0) is 12.8. The van der Waals surface area contributed by atoms with Crippen LogP contribution in [0.4, 0.5) is 0 Å². The summed E-state index contributed by atoms with van der Waals surface area (Å²) in [6.07, 6.45) is 7.59. The first kappa shape index (κ1) is 13.6. The molecule has 0 aliphatic heterocycles. The second kappa shape index (κ2) is 6.91. The minimum atomic E-state index is 0.0963. The highest BCUT2D eigenvalue weighted by molar-refractivity contribution is 5.25. The van der Waals surface area contributed by atoms with Crippen molar-refractivity contribution in [1.29, 1.82) is 0 Å². The van der Waals surface area contributed by atoms with Crippen molar-refractivity contribution in [2.45, 2.75) is 57.5 Å². The molecule has 0 amide bonds. The highest BCUT2D eigenvalue weighted by Gasteiger charge is 2.18. The largest absolute Gasteiger partial charge is 0.394 e. The second-order valence-electron chi connectivity index (χ2n) is 5.33. The van der Waals surface area contributed by atoms with E-state index in [0.29, 0.717) is 6.04 Å². The summed E-state index contributed by atoms with van der Waals surface area (Å²) in [7, 11) is 0. The molecule has 0 spiro atoms. The van der Waals surface area contributed by atoms with E-state index in [1.807, 2.05) is 0 Å². The van der Waals surface area contributed by atoms with Crippen molar-refractivity contribution in [2.75, 3.05) is 6.61 Å². The first-order valence-electron chi connectivity index (χ1n) is 7.29. The van der Waals surface area contributed by atoms with Gasteiger partial charge in [-0.2, -0.15) is 0 Å². The summed E-state index contributed by atoms with van der Waals surface area (Å²) in [6.45, 7) is 2.35. The third-order valence-electron chi connectivity index (χ3n) is 4.01. The van der Waals surface area contributed by atoms with Crippen molar-refractivity contribution in [1.82, 2.24) is 5.32 Å². The van der Waals surface area contributed by atoms with Gasteiger partial charge in [-0.05, 0) is 30.4 Å². The molecule has 1 unspecified atom stereocenters. The number of aliphatic hydroxyl groups is 1. The van der Waals surface area contributed by atoms with Gasteiger partial charge in [-0.3, -0.25) is 0 Å². The van der Waals surface area contributed by atoms with Crippen molar-refractivity contribution >= 4 is 0 Å². The predicted molar refractivity (Wildman–Crippen MR) is 75.7 cm³/mol. The molecule has 0 bridgehead atoms. The van der Waals surface area contributed by atoms with E-state index in [2.05, 4.69) is 36.5 Å². The molecule has 0 aromatic heterocycles. The molecule has 1 saturated carbocycles. The highest BCUT2D eigenvalue weighted by Crippen LogP contribution is 2.21. The lowest BCUT2D eigenvalue weighted by Crippen LogP contribution is -2.36. The van der Waals surface area contributed by atoms with Crippen LogP contribution in [0.25, 0.3) is 0 Å². The number of aliphatic hydroxyl groups excluding tert-OH is 1. The fourth-order valence-electron chi connectivity index (χ4n) is 2.79. The van der Waals surface area contributed by atoms with E-state index in [-0.39, 0.29) is 12.6 Å². The number of benzene rings is 1. The summed E-state index contributed by atoms with van der Waals surface area (Å²) in [4.78, 5) is 0. The summed E-state index contributed by atoms with van der Waals surface area (Å²) in [5.41, 5.74) is 2.56. The zero-order valence-corrected chi connectivity index (χ0v) is 11.4. The van der Waals surface area contributed by atoms with Gasteiger partial charge in [0.1, 0.15) is 0 Å². The van der Waals surface area contributed by atoms with E-state index in [4.69, 9.17) is 0 Å². The normalized spacial score (nSPS) is 18.8. The Morgan fingerprint density at radius 1 is 1.17 bits per heavy atom. The smallest absolute Gasteiger partial charge is 0.0626 e. The molecule has 2 heteroatoms. The van der Waals surface area contributed by atoms with Crippen LogP contribution in [0.15, 0.2) is 24.3 Å². The van der Waals surface area contributed by atoms with Crippen LogP contribution in [0, 0.1) is 0 Å². The number of rotatable bonds is 5. The predicted octanol–water partition coefficient (Wildman–Crippen LogP) is 3.20. The SMILES string of the molecule is CCc1ccc(C(CO)NC2CCCCC2)cc1. The number of hydrogen-bond acceptors (Lipinski definition) is 2. The minimum Gasteiger partial charge on any atom is -0.394 e. The average molecular weight is 247 g/mol. The van der Waals surface area contributed by atoms with Crippen LogP contribution in [-0.4, -0.2) is 17.8 Å². The first-order chi connectivity index (χ1) is 8.83. The molecule has 1 fully saturated rings. The molecular weight excluding hydrogens is 222 g/mol. The topological polar surface area (TPSA) is 32.3 Å². The van der Waals surface area contributed by atoms with Gasteiger partial charge < -0.3 is 10.4 Å². The van der Waals surface area contributed by atoms with E-state index < -0.39 is 0 Å². The fourth-order valence-corrected chi connectivity index (χ4v) is 2.79. The Bertz CT molecular complexity index is 341. The van der Waals surface area contributed by atoms with E-state index in [1.54, 1.807) is 0 Å². The van der Waals surface area contributed by atoms with Gasteiger partial charge in [-0.1, -0.05) is 50.5 Å². The lowest BCUT2D eigenvalue weighted by atomic mass is 9.94. The Kier molecular flexibility index (Phi) is 5.21. The Morgan fingerprint density at radius 2 is 1.83 bits per heavy atom. The average Bonchev–Trinajstić information content (AvgIpc) is 2.46. The molecule has 1 aromatic rings. The zero-order valence-electron chi connectivity index (χ0n) is 11.4. The van der Waals surface area contributed by atoms with Crippen molar-refractivity contribution in [3.8, 4) is 0 Å². The van der Waals surface area contributed by atoms with Crippen LogP contribution in [-0.2, 0) is 6.42 Å². The van der Waals surface area contributed by atoms with Crippen molar-refractivity contribution in [3.63, 3.8) is 0 Å². The Labute approximate surface area is 110 Å². The molecular formula is C16H25NO. The monoisotopic (exact) mass is 247 g/mol. The molecule has 0 radical (unpaired) electrons. The third-order valence-corrected chi connectivity index (χ3v) is 4.01. The summed E-state index contributed by atoms with van der Waals surface area (Å²) in [6, 6.07) is 9.31. The van der Waals surface area contributed by atoms with Gasteiger partial charge in [0.2, 0.25) is 0 Å². The van der Waals surface area contributed by atoms with Crippen molar-refractivity contribution in [3.05, 3.63) is 35.4 Å². The Balaban J connectivity index is 1.97. The van der Waals surface area contributed by atoms with Gasteiger partial charge >= 0.3 is 0 Å². The molecule has 2 nitrogen and oxygen atoms in total. The standard InChI is InChI=1S/C16H25NO/c1-2-13-8-10-14(11-9-13)16(12-18)17-15-6-4-3-5-7-15/h8-11,15-18H,2-7,12H2,1H3. The first-order valence-corrected chi connectivity index (χ1v) is 7.29. The van der Waals surface area contributed by atoms with Crippen LogP contribution in [0.2, 0.25) is 0 Å². The molecule has 2 N–H and O–H groups in total. The van der Waals surface area contributed by atoms with Gasteiger partial charge in [-0.15, -0.1) is 0 Å². The van der Waals surface area contributed by atoms with Gasteiger partial charge in [0.15, 0.2) is 0 Å². The summed E-state index contributed by atoms with van der Waals surface area (Å²) >= 11 is 0. The minimum absolute atomic E-state index is 0.0963. The van der Waals surface area contributed by atoms with E-state index in [9.17, 15) is 5.11 Å². The highest BCUT2D eigenvalue weighted by atomic mass is 16.3. The summed E-state index contributed by atoms with van der Waals surface area (Å²) < 4.78 is 0. The quantitative estimate of drug-likeness (QED) is 0.837. The molecule has 2 rings (SSSR count). The molecule has 1 aliphatic rings. The third kappa shape index (κ3) is 3.56. The van der Waals surface area contributed by atoms with Gasteiger partial charge in [0, 0.05) is 6.04 Å².